The quantitative estimate of drug-likeness (QED) is 0.573. The highest BCUT2D eigenvalue weighted by Crippen LogP contribution is 2.30. The van der Waals surface area contributed by atoms with E-state index in [0.717, 1.165) is 44.6 Å². The maximum Gasteiger partial charge on any atom is 0.337 e. The smallest absolute Gasteiger partial charge is 0.337 e. The van der Waals surface area contributed by atoms with Crippen molar-refractivity contribution in [2.45, 2.75) is 39.0 Å². The Labute approximate surface area is 201 Å². The molecule has 2 aromatic rings. The number of carbonyl (C=O) groups is 2. The van der Waals surface area contributed by atoms with E-state index in [1.54, 1.807) is 0 Å². The summed E-state index contributed by atoms with van der Waals surface area (Å²) < 4.78 is 20.1. The van der Waals surface area contributed by atoms with E-state index < -0.39 is 0 Å². The van der Waals surface area contributed by atoms with Crippen LogP contribution in [0.3, 0.4) is 0 Å². The van der Waals surface area contributed by atoms with Gasteiger partial charge >= 0.3 is 11.9 Å². The lowest BCUT2D eigenvalue weighted by Crippen LogP contribution is -2.15. The molecule has 0 spiro atoms. The van der Waals surface area contributed by atoms with Gasteiger partial charge in [-0.3, -0.25) is 0 Å². The summed E-state index contributed by atoms with van der Waals surface area (Å²) in [5, 5.41) is 0. The van der Waals surface area contributed by atoms with E-state index in [4.69, 9.17) is 18.9 Å². The first-order valence-electron chi connectivity index (χ1n) is 11.7. The van der Waals surface area contributed by atoms with E-state index in [2.05, 4.69) is 19.1 Å². The molecule has 2 aliphatic rings. The van der Waals surface area contributed by atoms with Crippen LogP contribution in [0.5, 0.6) is 0 Å². The number of rotatable bonds is 4. The van der Waals surface area contributed by atoms with Crippen molar-refractivity contribution in [2.24, 2.45) is 0 Å². The zero-order chi connectivity index (χ0) is 24.5. The van der Waals surface area contributed by atoms with Gasteiger partial charge in [-0.05, 0) is 91.1 Å². The topological polar surface area (TPSA) is 71.1 Å². The second kappa shape index (κ2) is 12.5. The lowest BCUT2D eigenvalue weighted by molar-refractivity contribution is 0.0591. The number of methoxy groups -OCH3 is 2. The standard InChI is InChI=1S/C14H18O3.C14H16O3/c2*1-10-9-12(14(15)16-2)3-4-13(10)11-5-7-17-8-6-11/h3-4,9,11H,5-8H2,1-2H3;3-5,9H,6-8H2,1-2H3. The molecule has 4 rings (SSSR count). The third-order valence-electron chi connectivity index (χ3n) is 6.31. The highest BCUT2D eigenvalue weighted by atomic mass is 16.5. The third-order valence-corrected chi connectivity index (χ3v) is 6.31. The highest BCUT2D eigenvalue weighted by Gasteiger charge is 2.18. The van der Waals surface area contributed by atoms with Gasteiger partial charge in [0.1, 0.15) is 0 Å². The summed E-state index contributed by atoms with van der Waals surface area (Å²) in [7, 11) is 2.80. The molecule has 6 nitrogen and oxygen atoms in total. The van der Waals surface area contributed by atoms with Gasteiger partial charge in [-0.25, -0.2) is 9.59 Å². The minimum absolute atomic E-state index is 0.272. The monoisotopic (exact) mass is 466 g/mol. The fourth-order valence-corrected chi connectivity index (χ4v) is 4.43. The Morgan fingerprint density at radius 1 is 0.824 bits per heavy atom. The van der Waals surface area contributed by atoms with Crippen LogP contribution >= 0.6 is 0 Å². The van der Waals surface area contributed by atoms with E-state index >= 15 is 0 Å². The number of esters is 2. The Morgan fingerprint density at radius 2 is 1.44 bits per heavy atom. The second-order valence-electron chi connectivity index (χ2n) is 8.53. The van der Waals surface area contributed by atoms with Gasteiger partial charge in [0.15, 0.2) is 0 Å². The van der Waals surface area contributed by atoms with Crippen molar-refractivity contribution in [1.82, 2.24) is 0 Å². The van der Waals surface area contributed by atoms with Crippen LogP contribution in [0.2, 0.25) is 0 Å². The maximum atomic E-state index is 11.4. The van der Waals surface area contributed by atoms with Crippen LogP contribution in [0.25, 0.3) is 5.57 Å². The molecule has 0 amide bonds. The summed E-state index contributed by atoms with van der Waals surface area (Å²) in [5.74, 6) is 0.00248. The molecule has 0 atom stereocenters. The fourth-order valence-electron chi connectivity index (χ4n) is 4.43. The minimum atomic E-state index is -0.291. The summed E-state index contributed by atoms with van der Waals surface area (Å²) in [5.41, 5.74) is 7.31. The van der Waals surface area contributed by atoms with Gasteiger partial charge in [0.2, 0.25) is 0 Å². The molecule has 1 saturated heterocycles. The SMILES string of the molecule is COC(=O)c1ccc(C2=CCOCC2)c(C)c1.COC(=O)c1ccc(C2CCOCC2)c(C)c1. The van der Waals surface area contributed by atoms with Crippen molar-refractivity contribution in [2.75, 3.05) is 40.6 Å². The number of hydrogen-bond donors (Lipinski definition) is 0. The molecule has 1 fully saturated rings. The Morgan fingerprint density at radius 3 is 1.97 bits per heavy atom. The summed E-state index contributed by atoms with van der Waals surface area (Å²) in [4.78, 5) is 22.8. The van der Waals surface area contributed by atoms with Gasteiger partial charge in [-0.15, -0.1) is 0 Å². The van der Waals surface area contributed by atoms with E-state index in [1.807, 2.05) is 37.3 Å². The molecular weight excluding hydrogens is 432 g/mol. The summed E-state index contributed by atoms with van der Waals surface area (Å²) in [6.45, 7) is 7.18. The zero-order valence-electron chi connectivity index (χ0n) is 20.5. The van der Waals surface area contributed by atoms with Crippen LogP contribution < -0.4 is 0 Å². The molecule has 0 aromatic heterocycles. The normalized spacial score (nSPS) is 16.1. The van der Waals surface area contributed by atoms with Crippen molar-refractivity contribution in [1.29, 1.82) is 0 Å². The van der Waals surface area contributed by atoms with Crippen LogP contribution in [0.1, 0.15) is 68.2 Å². The fraction of sp³-hybridized carbons (Fsp3) is 0.429. The Hall–Kier alpha value is -2.96. The number of ether oxygens (including phenoxy) is 4. The molecule has 0 saturated carbocycles. The van der Waals surface area contributed by atoms with Crippen molar-refractivity contribution >= 4 is 17.5 Å². The molecule has 2 aromatic carbocycles. The summed E-state index contributed by atoms with van der Waals surface area (Å²) in [6, 6.07) is 11.5. The van der Waals surface area contributed by atoms with Crippen LogP contribution in [-0.4, -0.2) is 52.6 Å². The largest absolute Gasteiger partial charge is 0.465 e. The van der Waals surface area contributed by atoms with E-state index in [9.17, 15) is 9.59 Å². The average Bonchev–Trinajstić information content (AvgIpc) is 2.89. The van der Waals surface area contributed by atoms with Crippen molar-refractivity contribution < 1.29 is 28.5 Å². The molecular formula is C28H34O6. The van der Waals surface area contributed by atoms with Gasteiger partial charge in [0.25, 0.3) is 0 Å². The Balaban J connectivity index is 0.000000191. The van der Waals surface area contributed by atoms with Gasteiger partial charge in [0.05, 0.1) is 38.6 Å². The predicted octanol–water partition coefficient (Wildman–Crippen LogP) is 5.26. The number of carbonyl (C=O) groups excluding carboxylic acids is 2. The Kier molecular flexibility index (Phi) is 9.42. The van der Waals surface area contributed by atoms with E-state index in [-0.39, 0.29) is 11.9 Å². The van der Waals surface area contributed by atoms with E-state index in [1.165, 1.54) is 36.5 Å². The van der Waals surface area contributed by atoms with E-state index in [0.29, 0.717) is 23.7 Å². The molecule has 0 radical (unpaired) electrons. The molecule has 2 aliphatic heterocycles. The molecule has 2 heterocycles. The van der Waals surface area contributed by atoms with Gasteiger partial charge in [0, 0.05) is 13.2 Å². The van der Waals surface area contributed by atoms with Crippen LogP contribution in [-0.2, 0) is 18.9 Å². The van der Waals surface area contributed by atoms with Gasteiger partial charge < -0.3 is 18.9 Å². The molecule has 0 aliphatic carbocycles. The number of aryl methyl sites for hydroxylation is 2. The molecule has 6 heteroatoms. The molecule has 0 unspecified atom stereocenters. The van der Waals surface area contributed by atoms with Crippen molar-refractivity contribution in [3.05, 3.63) is 75.9 Å². The summed E-state index contributed by atoms with van der Waals surface area (Å²) >= 11 is 0. The third kappa shape index (κ3) is 6.55. The average molecular weight is 467 g/mol. The lowest BCUT2D eigenvalue weighted by Gasteiger charge is -2.24. The first kappa shape index (κ1) is 25.7. The van der Waals surface area contributed by atoms with Crippen LogP contribution in [0.4, 0.5) is 0 Å². The zero-order valence-corrected chi connectivity index (χ0v) is 20.5. The van der Waals surface area contributed by atoms with Gasteiger partial charge in [-0.1, -0.05) is 18.2 Å². The molecule has 0 bridgehead atoms. The second-order valence-corrected chi connectivity index (χ2v) is 8.53. The minimum Gasteiger partial charge on any atom is -0.465 e. The van der Waals surface area contributed by atoms with Crippen molar-refractivity contribution in [3.63, 3.8) is 0 Å². The highest BCUT2D eigenvalue weighted by molar-refractivity contribution is 5.90. The lowest BCUT2D eigenvalue weighted by atomic mass is 9.88. The van der Waals surface area contributed by atoms with Crippen LogP contribution in [0.15, 0.2) is 42.5 Å². The summed E-state index contributed by atoms with van der Waals surface area (Å²) in [6.07, 6.45) is 5.17. The Bertz CT molecular complexity index is 1030. The van der Waals surface area contributed by atoms with Crippen LogP contribution in [0, 0.1) is 13.8 Å². The number of hydrogen-bond acceptors (Lipinski definition) is 6. The van der Waals surface area contributed by atoms with Gasteiger partial charge in [-0.2, -0.15) is 0 Å². The first-order chi connectivity index (χ1) is 16.4. The maximum absolute atomic E-state index is 11.4. The van der Waals surface area contributed by atoms with Crippen molar-refractivity contribution in [3.8, 4) is 0 Å². The number of benzene rings is 2. The molecule has 0 N–H and O–H groups in total. The first-order valence-corrected chi connectivity index (χ1v) is 11.7. The molecule has 34 heavy (non-hydrogen) atoms. The molecule has 182 valence electrons. The predicted molar refractivity (Wildman–Crippen MR) is 131 cm³/mol.